The summed E-state index contributed by atoms with van der Waals surface area (Å²) in [4.78, 5) is 11.7. The van der Waals surface area contributed by atoms with Crippen molar-refractivity contribution in [2.45, 2.75) is 18.6 Å². The third kappa shape index (κ3) is 4.59. The van der Waals surface area contributed by atoms with Gasteiger partial charge in [0.1, 0.15) is 18.1 Å². The molecule has 0 fully saturated rings. The van der Waals surface area contributed by atoms with Gasteiger partial charge in [-0.1, -0.05) is 12.1 Å². The van der Waals surface area contributed by atoms with Crippen LogP contribution in [-0.2, 0) is 26.2 Å². The van der Waals surface area contributed by atoms with Crippen LogP contribution in [0.5, 0.6) is 5.75 Å². The minimum Gasteiger partial charge on any atom is -0.482 e. The van der Waals surface area contributed by atoms with Gasteiger partial charge in [-0.3, -0.25) is 0 Å². The lowest BCUT2D eigenvalue weighted by atomic mass is 10.2. The van der Waals surface area contributed by atoms with Crippen molar-refractivity contribution in [2.24, 2.45) is 0 Å². The van der Waals surface area contributed by atoms with Gasteiger partial charge in [-0.25, -0.2) is 17.5 Å². The molecular formula is C16H19NO6S. The fraction of sp³-hybridized carbons (Fsp3) is 0.312. The van der Waals surface area contributed by atoms with Gasteiger partial charge < -0.3 is 13.9 Å². The van der Waals surface area contributed by atoms with Gasteiger partial charge in [-0.05, 0) is 36.8 Å². The first kappa shape index (κ1) is 18.0. The molecule has 0 saturated heterocycles. The summed E-state index contributed by atoms with van der Waals surface area (Å²) < 4.78 is 40.3. The molecule has 130 valence electrons. The monoisotopic (exact) mass is 353 g/mol. The standard InChI is InChI=1S/C16H19NO6S/c1-12-5-4-6-13(9-12)21-11-15(18)22-10-14-7-8-16(23-14)24(19,20)17(2)3/h4-9H,10-11H2,1-3H3. The second-order valence-electron chi connectivity index (χ2n) is 5.27. The van der Waals surface area contributed by atoms with Crippen LogP contribution < -0.4 is 4.74 Å². The molecule has 0 bridgehead atoms. The minimum atomic E-state index is -3.64. The number of esters is 1. The lowest BCUT2D eigenvalue weighted by Gasteiger charge is -2.08. The second-order valence-corrected chi connectivity index (χ2v) is 7.36. The molecule has 7 nitrogen and oxygen atoms in total. The zero-order valence-electron chi connectivity index (χ0n) is 13.7. The van der Waals surface area contributed by atoms with Crippen LogP contribution in [0, 0.1) is 6.92 Å². The molecule has 0 atom stereocenters. The Balaban J connectivity index is 1.85. The molecular weight excluding hydrogens is 334 g/mol. The van der Waals surface area contributed by atoms with Gasteiger partial charge in [-0.15, -0.1) is 0 Å². The van der Waals surface area contributed by atoms with Gasteiger partial charge in [-0.2, -0.15) is 0 Å². The Labute approximate surface area is 140 Å². The van der Waals surface area contributed by atoms with Crippen LogP contribution in [0.1, 0.15) is 11.3 Å². The molecule has 2 aromatic rings. The van der Waals surface area contributed by atoms with Gasteiger partial charge in [0.05, 0.1) is 0 Å². The molecule has 0 unspecified atom stereocenters. The van der Waals surface area contributed by atoms with Crippen molar-refractivity contribution >= 4 is 16.0 Å². The largest absolute Gasteiger partial charge is 0.482 e. The van der Waals surface area contributed by atoms with Crippen LogP contribution in [-0.4, -0.2) is 39.4 Å². The number of hydrogen-bond donors (Lipinski definition) is 0. The van der Waals surface area contributed by atoms with E-state index >= 15 is 0 Å². The first-order valence-corrected chi connectivity index (χ1v) is 8.59. The summed E-state index contributed by atoms with van der Waals surface area (Å²) >= 11 is 0. The van der Waals surface area contributed by atoms with E-state index in [2.05, 4.69) is 0 Å². The Bertz CT molecular complexity index is 809. The molecule has 0 saturated carbocycles. The summed E-state index contributed by atoms with van der Waals surface area (Å²) in [5, 5.41) is -0.199. The molecule has 2 rings (SSSR count). The SMILES string of the molecule is Cc1cccc(OCC(=O)OCc2ccc(S(=O)(=O)N(C)C)o2)c1. The van der Waals surface area contributed by atoms with Gasteiger partial charge in [0, 0.05) is 14.1 Å². The zero-order chi connectivity index (χ0) is 17.7. The quantitative estimate of drug-likeness (QED) is 0.707. The fourth-order valence-corrected chi connectivity index (χ4v) is 2.61. The minimum absolute atomic E-state index is 0.168. The molecule has 0 aliphatic carbocycles. The molecule has 8 heteroatoms. The highest BCUT2D eigenvalue weighted by molar-refractivity contribution is 7.88. The number of furan rings is 1. The van der Waals surface area contributed by atoms with E-state index in [-0.39, 0.29) is 24.1 Å². The summed E-state index contributed by atoms with van der Waals surface area (Å²) in [5.41, 5.74) is 1.02. The Morgan fingerprint density at radius 2 is 1.96 bits per heavy atom. The van der Waals surface area contributed by atoms with E-state index in [1.807, 2.05) is 19.1 Å². The van der Waals surface area contributed by atoms with Crippen LogP contribution in [0.25, 0.3) is 0 Å². The summed E-state index contributed by atoms with van der Waals surface area (Å²) in [6.45, 7) is 1.51. The number of benzene rings is 1. The van der Waals surface area contributed by atoms with Crippen molar-refractivity contribution in [1.82, 2.24) is 4.31 Å². The van der Waals surface area contributed by atoms with Crippen LogP contribution in [0.15, 0.2) is 45.9 Å². The molecule has 0 amide bonds. The number of carbonyl (C=O) groups excluding carboxylic acids is 1. The summed E-state index contributed by atoms with van der Waals surface area (Å²) in [5.74, 6) is 0.230. The van der Waals surface area contributed by atoms with Crippen LogP contribution in [0.3, 0.4) is 0 Å². The zero-order valence-corrected chi connectivity index (χ0v) is 14.5. The van der Waals surface area contributed by atoms with E-state index in [0.29, 0.717) is 5.75 Å². The lowest BCUT2D eigenvalue weighted by Crippen LogP contribution is -2.21. The maximum atomic E-state index is 11.9. The number of sulfonamides is 1. The molecule has 0 radical (unpaired) electrons. The summed E-state index contributed by atoms with van der Waals surface area (Å²) in [7, 11) is -0.838. The summed E-state index contributed by atoms with van der Waals surface area (Å²) in [6, 6.07) is 10.1. The smallest absolute Gasteiger partial charge is 0.344 e. The highest BCUT2D eigenvalue weighted by atomic mass is 32.2. The number of carbonyl (C=O) groups is 1. The maximum absolute atomic E-state index is 11.9. The van der Waals surface area contributed by atoms with E-state index in [4.69, 9.17) is 13.9 Å². The van der Waals surface area contributed by atoms with E-state index in [1.165, 1.54) is 26.2 Å². The van der Waals surface area contributed by atoms with Crippen LogP contribution in [0.2, 0.25) is 0 Å². The molecule has 0 spiro atoms. The number of rotatable bonds is 7. The number of ether oxygens (including phenoxy) is 2. The normalized spacial score (nSPS) is 11.5. The lowest BCUT2D eigenvalue weighted by molar-refractivity contribution is -0.147. The highest BCUT2D eigenvalue weighted by Crippen LogP contribution is 2.17. The summed E-state index contributed by atoms with van der Waals surface area (Å²) in [6.07, 6.45) is 0. The first-order valence-electron chi connectivity index (χ1n) is 7.15. The van der Waals surface area contributed by atoms with Gasteiger partial charge in [0.25, 0.3) is 10.0 Å². The van der Waals surface area contributed by atoms with Gasteiger partial charge in [0.2, 0.25) is 5.09 Å². The molecule has 24 heavy (non-hydrogen) atoms. The van der Waals surface area contributed by atoms with Crippen molar-refractivity contribution in [3.05, 3.63) is 47.7 Å². The van der Waals surface area contributed by atoms with Crippen LogP contribution >= 0.6 is 0 Å². The predicted molar refractivity (Wildman–Crippen MR) is 86.1 cm³/mol. The number of nitrogens with zero attached hydrogens (tertiary/aromatic N) is 1. The third-order valence-electron chi connectivity index (χ3n) is 3.09. The second kappa shape index (κ2) is 7.50. The maximum Gasteiger partial charge on any atom is 0.344 e. The number of hydrogen-bond acceptors (Lipinski definition) is 6. The van der Waals surface area contributed by atoms with Crippen molar-refractivity contribution in [3.8, 4) is 5.75 Å². The molecule has 0 N–H and O–H groups in total. The van der Waals surface area contributed by atoms with Gasteiger partial charge >= 0.3 is 5.97 Å². The van der Waals surface area contributed by atoms with Crippen molar-refractivity contribution in [3.63, 3.8) is 0 Å². The topological polar surface area (TPSA) is 86.0 Å². The molecule has 0 aliphatic heterocycles. The Morgan fingerprint density at radius 1 is 1.21 bits per heavy atom. The average molecular weight is 353 g/mol. The molecule has 1 heterocycles. The molecule has 0 aliphatic rings. The molecule has 1 aromatic heterocycles. The van der Waals surface area contributed by atoms with Crippen LogP contribution in [0.4, 0.5) is 0 Å². The fourth-order valence-electron chi connectivity index (χ4n) is 1.80. The van der Waals surface area contributed by atoms with E-state index in [0.717, 1.165) is 9.87 Å². The Hall–Kier alpha value is -2.32. The predicted octanol–water partition coefficient (Wildman–Crippen LogP) is 1.96. The van der Waals surface area contributed by atoms with E-state index in [9.17, 15) is 13.2 Å². The molecule has 1 aromatic carbocycles. The first-order chi connectivity index (χ1) is 11.3. The Morgan fingerprint density at radius 3 is 2.62 bits per heavy atom. The third-order valence-corrected chi connectivity index (χ3v) is 4.78. The van der Waals surface area contributed by atoms with Crippen molar-refractivity contribution < 1.29 is 27.1 Å². The Kier molecular flexibility index (Phi) is 5.63. The van der Waals surface area contributed by atoms with Crippen molar-refractivity contribution in [2.75, 3.05) is 20.7 Å². The van der Waals surface area contributed by atoms with E-state index < -0.39 is 16.0 Å². The number of aryl methyl sites for hydroxylation is 1. The van der Waals surface area contributed by atoms with Gasteiger partial charge in [0.15, 0.2) is 6.61 Å². The van der Waals surface area contributed by atoms with E-state index in [1.54, 1.807) is 12.1 Å². The highest BCUT2D eigenvalue weighted by Gasteiger charge is 2.21. The van der Waals surface area contributed by atoms with Crippen molar-refractivity contribution in [1.29, 1.82) is 0 Å². The average Bonchev–Trinajstić information content (AvgIpc) is 3.00.